The molecule has 0 aromatic heterocycles. The molecule has 4 aliphatic carbocycles. The van der Waals surface area contributed by atoms with Gasteiger partial charge in [-0.25, -0.2) is 0 Å². The lowest BCUT2D eigenvalue weighted by molar-refractivity contribution is -0.129. The van der Waals surface area contributed by atoms with Crippen LogP contribution in [0.5, 0.6) is 0 Å². The van der Waals surface area contributed by atoms with E-state index in [0.717, 1.165) is 55.3 Å². The predicted molar refractivity (Wildman–Crippen MR) is 113 cm³/mol. The van der Waals surface area contributed by atoms with E-state index in [1.807, 2.05) is 0 Å². The van der Waals surface area contributed by atoms with Crippen LogP contribution in [0.2, 0.25) is 0 Å². The molecule has 0 saturated heterocycles. The average molecular weight is 390 g/mol. The highest BCUT2D eigenvalue weighted by Crippen LogP contribution is 2.68. The quantitative estimate of drug-likeness (QED) is 0.670. The zero-order valence-electron chi connectivity index (χ0n) is 18.5. The van der Waals surface area contributed by atoms with Gasteiger partial charge in [-0.05, 0) is 117 Å². The highest BCUT2D eigenvalue weighted by Gasteiger charge is 2.60. The van der Waals surface area contributed by atoms with Gasteiger partial charge in [0, 0.05) is 6.42 Å². The van der Waals surface area contributed by atoms with Crippen LogP contribution in [-0.2, 0) is 4.79 Å². The Morgan fingerprint density at radius 1 is 1.04 bits per heavy atom. The van der Waals surface area contributed by atoms with Gasteiger partial charge in [-0.3, -0.25) is 4.79 Å². The normalized spacial score (nSPS) is 49.0. The number of amides is 1. The van der Waals surface area contributed by atoms with Gasteiger partial charge >= 0.3 is 0 Å². The summed E-state index contributed by atoms with van der Waals surface area (Å²) in [5, 5.41) is 10.2. The molecule has 1 amide bonds. The number of primary amides is 1. The molecule has 0 unspecified atom stereocenters. The Morgan fingerprint density at radius 3 is 2.50 bits per heavy atom. The summed E-state index contributed by atoms with van der Waals surface area (Å²) in [6, 6.07) is 0. The largest absolute Gasteiger partial charge is 0.393 e. The molecule has 3 heteroatoms. The molecule has 4 fully saturated rings. The summed E-state index contributed by atoms with van der Waals surface area (Å²) in [5.74, 6) is 4.85. The van der Waals surface area contributed by atoms with Crippen molar-refractivity contribution in [3.8, 4) is 0 Å². The molecule has 9 atom stereocenters. The van der Waals surface area contributed by atoms with E-state index < -0.39 is 0 Å². The van der Waals surface area contributed by atoms with Gasteiger partial charge in [-0.2, -0.15) is 0 Å². The minimum absolute atomic E-state index is 0.0411. The van der Waals surface area contributed by atoms with Crippen molar-refractivity contribution in [2.45, 2.75) is 104 Å². The highest BCUT2D eigenvalue weighted by atomic mass is 16.3. The highest BCUT2D eigenvalue weighted by molar-refractivity contribution is 5.73. The van der Waals surface area contributed by atoms with Gasteiger partial charge in [0.25, 0.3) is 0 Å². The molecule has 4 aliphatic rings. The Labute approximate surface area is 172 Å². The van der Waals surface area contributed by atoms with Crippen molar-refractivity contribution in [1.29, 1.82) is 0 Å². The van der Waals surface area contributed by atoms with Crippen molar-refractivity contribution in [3.63, 3.8) is 0 Å². The summed E-state index contributed by atoms with van der Waals surface area (Å²) in [7, 11) is 0. The van der Waals surface area contributed by atoms with Crippen molar-refractivity contribution in [1.82, 2.24) is 0 Å². The van der Waals surface area contributed by atoms with Gasteiger partial charge in [0.1, 0.15) is 0 Å². The number of nitrogens with two attached hydrogens (primary N) is 1. The Balaban J connectivity index is 1.47. The van der Waals surface area contributed by atoms with E-state index in [4.69, 9.17) is 5.73 Å². The number of hydrogen-bond donors (Lipinski definition) is 2. The summed E-state index contributed by atoms with van der Waals surface area (Å²) >= 11 is 0. The summed E-state index contributed by atoms with van der Waals surface area (Å²) in [5.41, 5.74) is 6.34. The maximum absolute atomic E-state index is 11.1. The molecule has 160 valence electrons. The number of carbonyl (C=O) groups excluding carboxylic acids is 1. The molecule has 4 rings (SSSR count). The number of carbonyl (C=O) groups is 1. The Hall–Kier alpha value is -0.570. The third-order valence-corrected chi connectivity index (χ3v) is 10.5. The molecule has 0 aromatic carbocycles. The molecule has 0 bridgehead atoms. The van der Waals surface area contributed by atoms with Crippen molar-refractivity contribution < 1.29 is 9.90 Å². The third kappa shape index (κ3) is 3.34. The zero-order chi connectivity index (χ0) is 20.1. The topological polar surface area (TPSA) is 63.3 Å². The minimum atomic E-state index is -0.147. The van der Waals surface area contributed by atoms with E-state index in [9.17, 15) is 9.90 Å². The fourth-order valence-corrected chi connectivity index (χ4v) is 9.01. The first kappa shape index (κ1) is 20.7. The molecule has 4 saturated carbocycles. The van der Waals surface area contributed by atoms with E-state index in [2.05, 4.69) is 20.8 Å². The maximum atomic E-state index is 11.1. The first-order valence-electron chi connectivity index (χ1n) is 12.2. The fourth-order valence-electron chi connectivity index (χ4n) is 9.01. The van der Waals surface area contributed by atoms with Crippen molar-refractivity contribution in [3.05, 3.63) is 0 Å². The molecule has 0 radical (unpaired) electrons. The Kier molecular flexibility index (Phi) is 5.61. The predicted octanol–water partition coefficient (Wildman–Crippen LogP) is 5.30. The van der Waals surface area contributed by atoms with E-state index in [-0.39, 0.29) is 12.0 Å². The van der Waals surface area contributed by atoms with Gasteiger partial charge < -0.3 is 10.8 Å². The lowest BCUT2D eigenvalue weighted by Gasteiger charge is -2.61. The SMILES string of the molecule is C[C@H](CCCC(N)=O)[C@@H]1CC[C@@H]2[C@@H]3CC[C@@H]4C[C@H](O)CC[C@]4(C)[C@@H]3CC[C@@]21C. The van der Waals surface area contributed by atoms with E-state index in [0.29, 0.717) is 23.2 Å². The minimum Gasteiger partial charge on any atom is -0.393 e. The number of aliphatic hydroxyl groups excluding tert-OH is 1. The molecule has 28 heavy (non-hydrogen) atoms. The Bertz CT molecular complexity index is 591. The van der Waals surface area contributed by atoms with Crippen LogP contribution in [0.15, 0.2) is 0 Å². The third-order valence-electron chi connectivity index (χ3n) is 10.5. The fraction of sp³-hybridized carbons (Fsp3) is 0.960. The summed E-state index contributed by atoms with van der Waals surface area (Å²) < 4.78 is 0. The lowest BCUT2D eigenvalue weighted by atomic mass is 9.44. The first-order valence-corrected chi connectivity index (χ1v) is 12.2. The van der Waals surface area contributed by atoms with Crippen LogP contribution in [0, 0.1) is 46.3 Å². The molecular weight excluding hydrogens is 346 g/mol. The smallest absolute Gasteiger partial charge is 0.217 e. The number of aliphatic hydroxyl groups is 1. The summed E-state index contributed by atoms with van der Waals surface area (Å²) in [6.07, 6.45) is 14.3. The van der Waals surface area contributed by atoms with Crippen LogP contribution in [0.25, 0.3) is 0 Å². The standard InChI is InChI=1S/C25H43NO2/c1-16(5-4-6-23(26)28)20-9-10-21-19-8-7-17-15-18(27)11-13-24(17,2)22(19)12-14-25(20,21)3/h16-22,27H,4-15H2,1-3H3,(H2,26,28)/t16-,17-,18-,19+,20+,21-,22-,24+,25-/m1/s1. The zero-order valence-corrected chi connectivity index (χ0v) is 18.5. The van der Waals surface area contributed by atoms with Crippen LogP contribution in [0.4, 0.5) is 0 Å². The summed E-state index contributed by atoms with van der Waals surface area (Å²) in [4.78, 5) is 11.1. The molecule has 3 nitrogen and oxygen atoms in total. The molecular formula is C25H43NO2. The van der Waals surface area contributed by atoms with Gasteiger partial charge in [0.2, 0.25) is 5.91 Å². The van der Waals surface area contributed by atoms with Crippen LogP contribution < -0.4 is 5.73 Å². The lowest BCUT2D eigenvalue weighted by Crippen LogP contribution is -2.54. The van der Waals surface area contributed by atoms with Gasteiger partial charge in [0.15, 0.2) is 0 Å². The molecule has 3 N–H and O–H groups in total. The van der Waals surface area contributed by atoms with E-state index in [1.165, 1.54) is 44.9 Å². The molecule has 0 heterocycles. The monoisotopic (exact) mass is 389 g/mol. The molecule has 0 aliphatic heterocycles. The van der Waals surface area contributed by atoms with E-state index in [1.54, 1.807) is 0 Å². The summed E-state index contributed by atoms with van der Waals surface area (Å²) in [6.45, 7) is 7.64. The molecule has 0 aromatic rings. The van der Waals surface area contributed by atoms with Crippen LogP contribution in [-0.4, -0.2) is 17.1 Å². The number of fused-ring (bicyclic) bond motifs is 5. The second-order valence-electron chi connectivity index (χ2n) is 11.6. The number of hydrogen-bond acceptors (Lipinski definition) is 2. The van der Waals surface area contributed by atoms with Gasteiger partial charge in [0.05, 0.1) is 6.10 Å². The van der Waals surface area contributed by atoms with Crippen molar-refractivity contribution in [2.24, 2.45) is 52.1 Å². The van der Waals surface area contributed by atoms with Gasteiger partial charge in [-0.15, -0.1) is 0 Å². The second-order valence-corrected chi connectivity index (χ2v) is 11.6. The van der Waals surface area contributed by atoms with Crippen molar-refractivity contribution >= 4 is 5.91 Å². The second kappa shape index (κ2) is 7.60. The van der Waals surface area contributed by atoms with Crippen LogP contribution in [0.1, 0.15) is 97.8 Å². The van der Waals surface area contributed by atoms with Gasteiger partial charge in [-0.1, -0.05) is 20.8 Å². The van der Waals surface area contributed by atoms with E-state index >= 15 is 0 Å². The maximum Gasteiger partial charge on any atom is 0.217 e. The average Bonchev–Trinajstić information content (AvgIpc) is 2.99. The van der Waals surface area contributed by atoms with Crippen LogP contribution in [0.3, 0.4) is 0 Å². The molecule has 0 spiro atoms. The number of rotatable bonds is 5. The van der Waals surface area contributed by atoms with Crippen molar-refractivity contribution in [2.75, 3.05) is 0 Å². The van der Waals surface area contributed by atoms with Crippen LogP contribution >= 0.6 is 0 Å². The Morgan fingerprint density at radius 2 is 1.75 bits per heavy atom. The first-order chi connectivity index (χ1) is 13.3.